The van der Waals surface area contributed by atoms with Crippen LogP contribution in [0.1, 0.15) is 43.9 Å². The molecule has 0 aromatic carbocycles. The maximum absolute atomic E-state index is 12.7. The Morgan fingerprint density at radius 3 is 2.59 bits per heavy atom. The molecule has 0 radical (unpaired) electrons. The van der Waals surface area contributed by atoms with Gasteiger partial charge in [-0.1, -0.05) is 13.8 Å². The highest BCUT2D eigenvalue weighted by Crippen LogP contribution is 2.48. The van der Waals surface area contributed by atoms with Crippen LogP contribution in [0.25, 0.3) is 0 Å². The van der Waals surface area contributed by atoms with Crippen molar-refractivity contribution in [2.24, 2.45) is 5.41 Å². The molecule has 2 aromatic rings. The molecule has 0 saturated heterocycles. The van der Waals surface area contributed by atoms with Crippen LogP contribution in [0.3, 0.4) is 0 Å². The van der Waals surface area contributed by atoms with E-state index in [0.29, 0.717) is 24.1 Å². The molecule has 0 saturated carbocycles. The van der Waals surface area contributed by atoms with Crippen LogP contribution in [0.2, 0.25) is 0 Å². The Morgan fingerprint density at radius 1 is 1.19 bits per heavy atom. The quantitative estimate of drug-likeness (QED) is 0.536. The summed E-state index contributed by atoms with van der Waals surface area (Å²) in [5.74, 6) is -1.16. The summed E-state index contributed by atoms with van der Waals surface area (Å²) >= 11 is 0. The molecule has 2 aliphatic rings. The first kappa shape index (κ1) is 17.0. The van der Waals surface area contributed by atoms with E-state index in [9.17, 15) is 24.5 Å². The molecule has 1 atom stereocenters. The van der Waals surface area contributed by atoms with Crippen LogP contribution < -0.4 is 16.6 Å². The van der Waals surface area contributed by atoms with Crippen LogP contribution in [0, 0.1) is 15.5 Å². The third-order valence-corrected chi connectivity index (χ3v) is 4.85. The Labute approximate surface area is 151 Å². The summed E-state index contributed by atoms with van der Waals surface area (Å²) < 4.78 is 5.36. The monoisotopic (exact) mass is 372 g/mol. The molecule has 10 nitrogen and oxygen atoms in total. The summed E-state index contributed by atoms with van der Waals surface area (Å²) in [5.41, 5.74) is -0.641. The lowest BCUT2D eigenvalue weighted by molar-refractivity contribution is -0.402. The van der Waals surface area contributed by atoms with Crippen molar-refractivity contribution in [2.75, 3.05) is 5.32 Å². The van der Waals surface area contributed by atoms with Crippen molar-refractivity contribution in [2.45, 2.75) is 32.6 Å². The minimum absolute atomic E-state index is 0.0969. The normalized spacial score (nSPS) is 20.7. The Bertz CT molecular complexity index is 1130. The Morgan fingerprint density at radius 2 is 1.93 bits per heavy atom. The average molecular weight is 372 g/mol. The highest BCUT2D eigenvalue weighted by molar-refractivity contribution is 6.01. The predicted molar refractivity (Wildman–Crippen MR) is 93.6 cm³/mol. The van der Waals surface area contributed by atoms with E-state index in [1.165, 1.54) is 12.1 Å². The molecular formula is C17H16N4O6. The molecule has 0 unspecified atom stereocenters. The SMILES string of the molecule is CC1(C)CC(=O)C2=C(C1)[C@H](c1ccc([N+](=O)[O-])o1)c1c([nH]c(=O)[nH]c1=O)N2. The average Bonchev–Trinajstić information content (AvgIpc) is 3.02. The summed E-state index contributed by atoms with van der Waals surface area (Å²) in [6, 6.07) is 2.62. The molecule has 3 heterocycles. The Kier molecular flexibility index (Phi) is 3.48. The minimum Gasteiger partial charge on any atom is -0.405 e. The van der Waals surface area contributed by atoms with Gasteiger partial charge in [0, 0.05) is 6.42 Å². The lowest BCUT2D eigenvalue weighted by atomic mass is 9.69. The largest absolute Gasteiger partial charge is 0.433 e. The first-order valence-corrected chi connectivity index (χ1v) is 8.30. The van der Waals surface area contributed by atoms with Crippen molar-refractivity contribution in [3.63, 3.8) is 0 Å². The highest BCUT2D eigenvalue weighted by atomic mass is 16.6. The van der Waals surface area contributed by atoms with Gasteiger partial charge >= 0.3 is 11.6 Å². The number of aromatic amines is 2. The second-order valence-corrected chi connectivity index (χ2v) is 7.53. The van der Waals surface area contributed by atoms with Crippen molar-refractivity contribution >= 4 is 17.5 Å². The number of nitrogens with zero attached hydrogens (tertiary/aromatic N) is 1. The molecule has 0 bridgehead atoms. The molecule has 3 N–H and O–H groups in total. The van der Waals surface area contributed by atoms with Crippen LogP contribution in [0.5, 0.6) is 0 Å². The number of carbonyl (C=O) groups is 1. The van der Waals surface area contributed by atoms with Crippen molar-refractivity contribution in [1.29, 1.82) is 0 Å². The lowest BCUT2D eigenvalue weighted by Crippen LogP contribution is -2.38. The van der Waals surface area contributed by atoms with E-state index in [4.69, 9.17) is 4.42 Å². The maximum atomic E-state index is 12.7. The van der Waals surface area contributed by atoms with E-state index in [1.54, 1.807) is 0 Å². The second kappa shape index (κ2) is 5.53. The molecule has 10 heteroatoms. The molecule has 0 fully saturated rings. The number of hydrogen-bond donors (Lipinski definition) is 3. The summed E-state index contributed by atoms with van der Waals surface area (Å²) in [5, 5.41) is 13.9. The smallest absolute Gasteiger partial charge is 0.405 e. The standard InChI is InChI=1S/C17H16N4O6/c1-17(2)5-7-11(9-3-4-10(27-9)21(25)26)12-14(18-13(7)8(22)6-17)19-16(24)20-15(12)23/h3-4,11H,5-6H2,1-2H3,(H3,18,19,20,23,24)/t11-/m1/s1. The van der Waals surface area contributed by atoms with Crippen molar-refractivity contribution in [3.05, 3.63) is 65.7 Å². The fraction of sp³-hybridized carbons (Fsp3) is 0.353. The molecule has 27 heavy (non-hydrogen) atoms. The van der Waals surface area contributed by atoms with Crippen LogP contribution in [0.15, 0.2) is 37.4 Å². The summed E-state index contributed by atoms with van der Waals surface area (Å²) in [6.45, 7) is 3.87. The topological polar surface area (TPSA) is 151 Å². The van der Waals surface area contributed by atoms with Gasteiger partial charge < -0.3 is 9.73 Å². The van der Waals surface area contributed by atoms with E-state index in [-0.39, 0.29) is 28.3 Å². The number of allylic oxidation sites excluding steroid dienone is 2. The maximum Gasteiger partial charge on any atom is 0.433 e. The van der Waals surface area contributed by atoms with E-state index >= 15 is 0 Å². The Hall–Kier alpha value is -3.43. The molecule has 140 valence electrons. The van der Waals surface area contributed by atoms with Crippen LogP contribution in [-0.4, -0.2) is 20.7 Å². The third-order valence-electron chi connectivity index (χ3n) is 4.85. The number of H-pyrrole nitrogens is 2. The fourth-order valence-electron chi connectivity index (χ4n) is 3.84. The number of furan rings is 1. The zero-order chi connectivity index (χ0) is 19.5. The van der Waals surface area contributed by atoms with Gasteiger partial charge in [-0.2, -0.15) is 0 Å². The molecule has 2 aromatic heterocycles. The Balaban J connectivity index is 1.99. The molecule has 0 spiro atoms. The van der Waals surface area contributed by atoms with Gasteiger partial charge in [0.25, 0.3) is 5.56 Å². The van der Waals surface area contributed by atoms with Crippen LogP contribution in [-0.2, 0) is 4.79 Å². The van der Waals surface area contributed by atoms with Gasteiger partial charge in [-0.15, -0.1) is 0 Å². The van der Waals surface area contributed by atoms with E-state index < -0.39 is 28.0 Å². The molecular weight excluding hydrogens is 356 g/mol. The van der Waals surface area contributed by atoms with Gasteiger partial charge in [0.05, 0.1) is 23.2 Å². The van der Waals surface area contributed by atoms with E-state index in [0.717, 1.165) is 0 Å². The number of aromatic nitrogens is 2. The number of ketones is 1. The molecule has 1 aliphatic carbocycles. The summed E-state index contributed by atoms with van der Waals surface area (Å²) in [6.07, 6.45) is 0.783. The third kappa shape index (κ3) is 2.69. The second-order valence-electron chi connectivity index (χ2n) is 7.53. The summed E-state index contributed by atoms with van der Waals surface area (Å²) in [7, 11) is 0. The number of nitrogens with one attached hydrogen (secondary N) is 3. The number of nitro groups is 1. The van der Waals surface area contributed by atoms with Gasteiger partial charge in [0.1, 0.15) is 16.5 Å². The van der Waals surface area contributed by atoms with Crippen molar-refractivity contribution in [1.82, 2.24) is 9.97 Å². The van der Waals surface area contributed by atoms with Crippen molar-refractivity contribution < 1.29 is 14.1 Å². The fourth-order valence-corrected chi connectivity index (χ4v) is 3.84. The van der Waals surface area contributed by atoms with Gasteiger partial charge in [0.2, 0.25) is 0 Å². The zero-order valence-corrected chi connectivity index (χ0v) is 14.5. The number of rotatable bonds is 2. The minimum atomic E-state index is -0.811. The van der Waals surface area contributed by atoms with Gasteiger partial charge in [0.15, 0.2) is 5.78 Å². The van der Waals surface area contributed by atoms with Gasteiger partial charge in [-0.25, -0.2) is 4.79 Å². The first-order chi connectivity index (χ1) is 12.7. The lowest BCUT2D eigenvalue weighted by Gasteiger charge is -2.38. The number of hydrogen-bond acceptors (Lipinski definition) is 7. The first-order valence-electron chi connectivity index (χ1n) is 8.30. The van der Waals surface area contributed by atoms with Crippen LogP contribution in [0.4, 0.5) is 11.7 Å². The summed E-state index contributed by atoms with van der Waals surface area (Å²) in [4.78, 5) is 51.9. The molecule has 0 amide bonds. The molecule has 4 rings (SSSR count). The zero-order valence-electron chi connectivity index (χ0n) is 14.5. The highest BCUT2D eigenvalue weighted by Gasteiger charge is 2.43. The predicted octanol–water partition coefficient (Wildman–Crippen LogP) is 1.76. The molecule has 1 aliphatic heterocycles. The number of carbonyl (C=O) groups excluding carboxylic acids is 1. The number of Topliss-reactive ketones (excluding diaryl/α,β-unsaturated/α-hetero) is 1. The van der Waals surface area contributed by atoms with E-state index in [1.807, 2.05) is 13.8 Å². The number of fused-ring (bicyclic) bond motifs is 1. The van der Waals surface area contributed by atoms with Gasteiger partial charge in [-0.3, -0.25) is 29.7 Å². The van der Waals surface area contributed by atoms with Crippen molar-refractivity contribution in [3.8, 4) is 0 Å². The van der Waals surface area contributed by atoms with E-state index in [2.05, 4.69) is 15.3 Å². The van der Waals surface area contributed by atoms with Crippen LogP contribution >= 0.6 is 0 Å². The number of anilines is 1. The van der Waals surface area contributed by atoms with Gasteiger partial charge in [-0.05, 0) is 23.5 Å².